The van der Waals surface area contributed by atoms with Crippen molar-refractivity contribution in [1.82, 2.24) is 0 Å². The molecular formula is C29H41BrN2O4. The van der Waals surface area contributed by atoms with Gasteiger partial charge < -0.3 is 14.7 Å². The van der Waals surface area contributed by atoms with Crippen LogP contribution >= 0.6 is 15.9 Å². The molecule has 198 valence electrons. The van der Waals surface area contributed by atoms with Crippen LogP contribution < -0.4 is 9.47 Å². The first kappa shape index (κ1) is 29.8. The van der Waals surface area contributed by atoms with E-state index in [0.717, 1.165) is 18.6 Å². The van der Waals surface area contributed by atoms with Gasteiger partial charge in [-0.1, -0.05) is 99.3 Å². The molecule has 2 atom stereocenters. The van der Waals surface area contributed by atoms with Gasteiger partial charge in [0.2, 0.25) is 5.69 Å². The molecule has 2 rings (SSSR count). The van der Waals surface area contributed by atoms with Crippen molar-refractivity contribution in [2.24, 2.45) is 11.0 Å². The normalized spacial score (nSPS) is 13.3. The molecule has 0 saturated heterocycles. The third-order valence-corrected chi connectivity index (χ3v) is 7.48. The number of esters is 1. The lowest BCUT2D eigenvalue weighted by molar-refractivity contribution is -0.435. The standard InChI is InChI=1S/C29H41BrN2O4/c1-4-6-7-8-9-10-11-12-13-22-35-26-20-16-25(17-21-26)32(34)31-24-14-18-27(19-15-24)36-29(33)28(30)23(3)5-2/h14-21,23,28H,4-13,22H2,1-3H3/t23-,28-/m0/s1. The van der Waals surface area contributed by atoms with E-state index in [4.69, 9.17) is 9.47 Å². The Hall–Kier alpha value is -2.41. The molecule has 2 aromatic rings. The third kappa shape index (κ3) is 11.1. The van der Waals surface area contributed by atoms with E-state index in [2.05, 4.69) is 28.0 Å². The minimum absolute atomic E-state index is 0.174. The number of ether oxygens (including phenoxy) is 2. The summed E-state index contributed by atoms with van der Waals surface area (Å²) in [5, 5.41) is 16.5. The van der Waals surface area contributed by atoms with Crippen molar-refractivity contribution in [3.63, 3.8) is 0 Å². The summed E-state index contributed by atoms with van der Waals surface area (Å²) in [6.45, 7) is 6.94. The molecule has 0 aromatic heterocycles. The maximum atomic E-state index is 12.4. The van der Waals surface area contributed by atoms with E-state index in [1.54, 1.807) is 48.5 Å². The molecule has 0 bridgehead atoms. The zero-order valence-corrected chi connectivity index (χ0v) is 23.5. The van der Waals surface area contributed by atoms with E-state index >= 15 is 0 Å². The van der Waals surface area contributed by atoms with E-state index in [1.165, 1.54) is 51.4 Å². The molecule has 0 amide bonds. The molecular weight excluding hydrogens is 520 g/mol. The van der Waals surface area contributed by atoms with Gasteiger partial charge in [-0.3, -0.25) is 4.79 Å². The second-order valence-corrected chi connectivity index (χ2v) is 10.2. The van der Waals surface area contributed by atoms with Gasteiger partial charge >= 0.3 is 5.97 Å². The molecule has 0 N–H and O–H groups in total. The van der Waals surface area contributed by atoms with Crippen molar-refractivity contribution >= 4 is 33.3 Å². The van der Waals surface area contributed by atoms with Crippen molar-refractivity contribution < 1.29 is 19.1 Å². The van der Waals surface area contributed by atoms with Crippen molar-refractivity contribution in [3.8, 4) is 11.5 Å². The first-order chi connectivity index (χ1) is 17.4. The predicted molar refractivity (Wildman–Crippen MR) is 149 cm³/mol. The Bertz CT molecular complexity index is 916. The highest BCUT2D eigenvalue weighted by atomic mass is 79.9. The molecule has 0 spiro atoms. The van der Waals surface area contributed by atoms with E-state index < -0.39 is 0 Å². The minimum atomic E-state index is -0.360. The SMILES string of the molecule is CCCCCCCCCCCOc1ccc([N+]([O-])=Nc2ccc(OC(=O)[C@@H](Br)[C@@H](C)CC)cc2)cc1. The molecule has 36 heavy (non-hydrogen) atoms. The number of carbonyl (C=O) groups is 1. The monoisotopic (exact) mass is 560 g/mol. The maximum absolute atomic E-state index is 12.4. The molecule has 7 heteroatoms. The van der Waals surface area contributed by atoms with Crippen LogP contribution in [0.5, 0.6) is 11.5 Å². The fourth-order valence-electron chi connectivity index (χ4n) is 3.63. The molecule has 0 fully saturated rings. The average molecular weight is 562 g/mol. The highest BCUT2D eigenvalue weighted by Crippen LogP contribution is 2.24. The van der Waals surface area contributed by atoms with Crippen LogP contribution in [0.2, 0.25) is 0 Å². The van der Waals surface area contributed by atoms with Crippen LogP contribution in [0.15, 0.2) is 53.6 Å². The number of unbranched alkanes of at least 4 members (excludes halogenated alkanes) is 8. The molecule has 2 aromatic carbocycles. The first-order valence-corrected chi connectivity index (χ1v) is 14.2. The summed E-state index contributed by atoms with van der Waals surface area (Å²) in [5.74, 6) is 1.00. The van der Waals surface area contributed by atoms with Gasteiger partial charge in [0, 0.05) is 17.2 Å². The highest BCUT2D eigenvalue weighted by molar-refractivity contribution is 9.10. The van der Waals surface area contributed by atoms with Gasteiger partial charge in [-0.2, -0.15) is 0 Å². The number of rotatable bonds is 17. The number of hydrogen-bond acceptors (Lipinski definition) is 5. The van der Waals surface area contributed by atoms with Crippen molar-refractivity contribution in [2.75, 3.05) is 6.61 Å². The van der Waals surface area contributed by atoms with Crippen LogP contribution in [0, 0.1) is 11.1 Å². The quantitative estimate of drug-likeness (QED) is 0.0367. The molecule has 0 saturated carbocycles. The molecule has 0 aliphatic rings. The Kier molecular flexibility index (Phi) is 14.2. The van der Waals surface area contributed by atoms with Crippen LogP contribution in [0.25, 0.3) is 0 Å². The van der Waals surface area contributed by atoms with Crippen LogP contribution in [0.4, 0.5) is 11.4 Å². The van der Waals surface area contributed by atoms with E-state index in [1.807, 2.05) is 13.8 Å². The topological polar surface area (TPSA) is 74.0 Å². The van der Waals surface area contributed by atoms with Gasteiger partial charge in [0.25, 0.3) is 0 Å². The zero-order chi connectivity index (χ0) is 26.2. The van der Waals surface area contributed by atoms with Gasteiger partial charge in [0.1, 0.15) is 22.0 Å². The Morgan fingerprint density at radius 1 is 0.889 bits per heavy atom. The van der Waals surface area contributed by atoms with Crippen LogP contribution in [0.3, 0.4) is 0 Å². The number of benzene rings is 2. The van der Waals surface area contributed by atoms with Gasteiger partial charge in [-0.05, 0) is 48.7 Å². The van der Waals surface area contributed by atoms with Crippen molar-refractivity contribution in [3.05, 3.63) is 53.7 Å². The van der Waals surface area contributed by atoms with Crippen molar-refractivity contribution in [2.45, 2.75) is 89.8 Å². The number of hydrogen-bond donors (Lipinski definition) is 0. The summed E-state index contributed by atoms with van der Waals surface area (Å²) in [4.78, 5) is 12.4. The summed E-state index contributed by atoms with van der Waals surface area (Å²) >= 11 is 3.39. The third-order valence-electron chi connectivity index (χ3n) is 6.20. The van der Waals surface area contributed by atoms with Gasteiger partial charge in [0.15, 0.2) is 0 Å². The molecule has 0 heterocycles. The lowest BCUT2D eigenvalue weighted by atomic mass is 10.1. The summed E-state index contributed by atoms with van der Waals surface area (Å²) in [5.41, 5.74) is 0.879. The maximum Gasteiger partial charge on any atom is 0.325 e. The molecule has 0 radical (unpaired) electrons. The first-order valence-electron chi connectivity index (χ1n) is 13.3. The van der Waals surface area contributed by atoms with Crippen LogP contribution in [0.1, 0.15) is 85.0 Å². The van der Waals surface area contributed by atoms with E-state index in [9.17, 15) is 10.0 Å². The second kappa shape index (κ2) is 17.1. The average Bonchev–Trinajstić information content (AvgIpc) is 2.90. The number of azo groups is 1. The van der Waals surface area contributed by atoms with Gasteiger partial charge in [0.05, 0.1) is 6.61 Å². The lowest BCUT2D eigenvalue weighted by Gasteiger charge is -2.15. The Balaban J connectivity index is 1.74. The number of alkyl halides is 1. The Morgan fingerprint density at radius 3 is 2.03 bits per heavy atom. The summed E-state index contributed by atoms with van der Waals surface area (Å²) in [7, 11) is 0. The zero-order valence-electron chi connectivity index (χ0n) is 22.0. The Labute approximate surface area is 224 Å². The fraction of sp³-hybridized carbons (Fsp3) is 0.552. The Morgan fingerprint density at radius 2 is 1.44 bits per heavy atom. The fourth-order valence-corrected chi connectivity index (χ4v) is 4.10. The van der Waals surface area contributed by atoms with Crippen LogP contribution in [-0.4, -0.2) is 22.3 Å². The number of halogens is 1. The second-order valence-electron chi connectivity index (χ2n) is 9.25. The largest absolute Gasteiger partial charge is 0.594 e. The number of carbonyl (C=O) groups excluding carboxylic acids is 1. The molecule has 0 aliphatic heterocycles. The molecule has 0 unspecified atom stereocenters. The predicted octanol–water partition coefficient (Wildman–Crippen LogP) is 9.24. The smallest absolute Gasteiger partial charge is 0.325 e. The van der Waals surface area contributed by atoms with E-state index in [0.29, 0.717) is 28.6 Å². The van der Waals surface area contributed by atoms with Gasteiger partial charge in [-0.15, -0.1) is 0 Å². The summed E-state index contributed by atoms with van der Waals surface area (Å²) in [6, 6.07) is 13.5. The van der Waals surface area contributed by atoms with Crippen molar-refractivity contribution in [1.29, 1.82) is 0 Å². The minimum Gasteiger partial charge on any atom is -0.594 e. The summed E-state index contributed by atoms with van der Waals surface area (Å²) in [6.07, 6.45) is 12.4. The lowest BCUT2D eigenvalue weighted by Crippen LogP contribution is -2.26. The van der Waals surface area contributed by atoms with Crippen LogP contribution in [-0.2, 0) is 4.79 Å². The number of nitrogens with zero attached hydrogens (tertiary/aromatic N) is 2. The highest BCUT2D eigenvalue weighted by Gasteiger charge is 2.22. The van der Waals surface area contributed by atoms with Gasteiger partial charge in [-0.25, -0.2) is 0 Å². The van der Waals surface area contributed by atoms with E-state index in [-0.39, 0.29) is 16.7 Å². The molecule has 6 nitrogen and oxygen atoms in total. The molecule has 0 aliphatic carbocycles. The summed E-state index contributed by atoms with van der Waals surface area (Å²) < 4.78 is 11.2.